The number of para-hydroxylation sites is 1. The maximum absolute atomic E-state index is 2.44. The topological polar surface area (TPSA) is 4.93 Å². The Kier molecular flexibility index (Phi) is 8.26. The van der Waals surface area contributed by atoms with Gasteiger partial charge in [-0.2, -0.15) is 0 Å². The van der Waals surface area contributed by atoms with E-state index in [9.17, 15) is 0 Å². The first-order valence-electron chi connectivity index (χ1n) is 20.4. The molecule has 9 aromatic carbocycles. The third-order valence-electron chi connectivity index (χ3n) is 12.4. The molecule has 0 fully saturated rings. The Morgan fingerprint density at radius 3 is 1.53 bits per heavy atom. The largest absolute Gasteiger partial charge is 0.309 e. The quantitative estimate of drug-likeness (QED) is 0.160. The summed E-state index contributed by atoms with van der Waals surface area (Å²) >= 11 is 0. The van der Waals surface area contributed by atoms with E-state index < -0.39 is 0 Å². The molecule has 1 aliphatic carbocycles. The molecule has 1 heterocycles. The molecule has 0 bridgehead atoms. The highest BCUT2D eigenvalue weighted by Crippen LogP contribution is 2.51. The Bertz CT molecular complexity index is 3040. The smallest absolute Gasteiger partial charge is 0.0541 e. The van der Waals surface area contributed by atoms with Crippen molar-refractivity contribution in [1.82, 2.24) is 4.57 Å². The molecule has 0 aliphatic heterocycles. The zero-order valence-corrected chi connectivity index (χ0v) is 32.4. The van der Waals surface area contributed by atoms with E-state index in [1.165, 1.54) is 94.1 Å². The van der Waals surface area contributed by atoms with Gasteiger partial charge in [0.2, 0.25) is 0 Å². The summed E-state index contributed by atoms with van der Waals surface area (Å²) < 4.78 is 2.41. The summed E-state index contributed by atoms with van der Waals surface area (Å²) in [4.78, 5) is 0. The van der Waals surface area contributed by atoms with Crippen LogP contribution in [0.25, 0.3) is 83.1 Å². The fraction of sp³-hybridized carbons (Fsp3) is 0.0526. The summed E-state index contributed by atoms with van der Waals surface area (Å²) in [6, 6.07) is 80.5. The Morgan fingerprint density at radius 2 is 0.845 bits per heavy atom. The molecule has 0 saturated carbocycles. The van der Waals surface area contributed by atoms with E-state index >= 15 is 0 Å². The van der Waals surface area contributed by atoms with Crippen molar-refractivity contribution in [2.75, 3.05) is 0 Å². The molecular formula is C57H41N. The average Bonchev–Trinajstić information content (AvgIpc) is 3.63. The van der Waals surface area contributed by atoms with Crippen LogP contribution >= 0.6 is 0 Å². The SMILES string of the molecule is CC1c2ccc(-c3ccc4c(c3)c3ccccc3n4-c3ccc(-c4ccccc4)cc3)cc2-c2ccccc2C1c1cc(-c2ccccc2)cc(-c2ccccc2)c1. The molecule has 1 aromatic heterocycles. The van der Waals surface area contributed by atoms with Crippen LogP contribution in [0.5, 0.6) is 0 Å². The van der Waals surface area contributed by atoms with Crippen molar-refractivity contribution >= 4 is 21.8 Å². The molecule has 10 aromatic rings. The molecule has 0 radical (unpaired) electrons. The number of hydrogen-bond acceptors (Lipinski definition) is 0. The van der Waals surface area contributed by atoms with Gasteiger partial charge in [0.05, 0.1) is 11.0 Å². The van der Waals surface area contributed by atoms with Gasteiger partial charge < -0.3 is 4.57 Å². The number of aromatic nitrogens is 1. The summed E-state index contributed by atoms with van der Waals surface area (Å²) in [7, 11) is 0. The minimum absolute atomic E-state index is 0.213. The first kappa shape index (κ1) is 34.1. The molecule has 274 valence electrons. The molecule has 1 heteroatoms. The van der Waals surface area contributed by atoms with Crippen molar-refractivity contribution < 1.29 is 0 Å². The molecule has 1 nitrogen and oxygen atoms in total. The third kappa shape index (κ3) is 5.78. The predicted molar refractivity (Wildman–Crippen MR) is 245 cm³/mol. The summed E-state index contributed by atoms with van der Waals surface area (Å²) in [6.45, 7) is 2.42. The van der Waals surface area contributed by atoms with Gasteiger partial charge in [-0.15, -0.1) is 0 Å². The highest BCUT2D eigenvalue weighted by atomic mass is 15.0. The van der Waals surface area contributed by atoms with E-state index in [0.717, 1.165) is 5.69 Å². The van der Waals surface area contributed by atoms with Crippen molar-refractivity contribution in [2.45, 2.75) is 18.8 Å². The lowest BCUT2D eigenvalue weighted by atomic mass is 9.69. The molecule has 1 aliphatic rings. The van der Waals surface area contributed by atoms with Gasteiger partial charge in [0.25, 0.3) is 0 Å². The van der Waals surface area contributed by atoms with Gasteiger partial charge in [-0.05, 0) is 121 Å². The zero-order chi connectivity index (χ0) is 38.6. The summed E-state index contributed by atoms with van der Waals surface area (Å²) in [6.07, 6.45) is 0. The number of hydrogen-bond donors (Lipinski definition) is 0. The van der Waals surface area contributed by atoms with E-state index in [-0.39, 0.29) is 11.8 Å². The van der Waals surface area contributed by atoms with Crippen molar-refractivity contribution in [2.24, 2.45) is 0 Å². The fourth-order valence-electron chi connectivity index (χ4n) is 9.59. The van der Waals surface area contributed by atoms with Gasteiger partial charge in [-0.25, -0.2) is 0 Å². The van der Waals surface area contributed by atoms with Gasteiger partial charge in [-0.3, -0.25) is 0 Å². The second-order valence-corrected chi connectivity index (χ2v) is 15.7. The molecule has 0 saturated heterocycles. The maximum Gasteiger partial charge on any atom is 0.0541 e. The lowest BCUT2D eigenvalue weighted by molar-refractivity contribution is 0.650. The van der Waals surface area contributed by atoms with Crippen LogP contribution in [-0.4, -0.2) is 4.57 Å². The maximum atomic E-state index is 2.44. The first-order chi connectivity index (χ1) is 28.7. The lowest BCUT2D eigenvalue weighted by Crippen LogP contribution is -2.17. The van der Waals surface area contributed by atoms with Crippen LogP contribution in [0.1, 0.15) is 35.4 Å². The Hall–Kier alpha value is -7.22. The third-order valence-corrected chi connectivity index (χ3v) is 12.4. The predicted octanol–water partition coefficient (Wildman–Crippen LogP) is 15.4. The number of nitrogens with zero attached hydrogens (tertiary/aromatic N) is 1. The highest BCUT2D eigenvalue weighted by Gasteiger charge is 2.33. The minimum Gasteiger partial charge on any atom is -0.309 e. The van der Waals surface area contributed by atoms with Crippen LogP contribution in [0.2, 0.25) is 0 Å². The summed E-state index contributed by atoms with van der Waals surface area (Å²) in [5.41, 5.74) is 20.3. The first-order valence-corrected chi connectivity index (χ1v) is 20.4. The molecule has 0 spiro atoms. The van der Waals surface area contributed by atoms with Crippen LogP contribution in [-0.2, 0) is 0 Å². The number of benzene rings is 9. The van der Waals surface area contributed by atoms with Gasteiger partial charge >= 0.3 is 0 Å². The summed E-state index contributed by atoms with van der Waals surface area (Å²) in [5, 5.41) is 2.53. The number of rotatable bonds is 6. The van der Waals surface area contributed by atoms with Crippen LogP contribution in [0, 0.1) is 0 Å². The van der Waals surface area contributed by atoms with Crippen molar-refractivity contribution in [3.8, 4) is 61.3 Å². The lowest BCUT2D eigenvalue weighted by Gasteiger charge is -2.35. The van der Waals surface area contributed by atoms with Gasteiger partial charge in [0.1, 0.15) is 0 Å². The van der Waals surface area contributed by atoms with E-state index in [4.69, 9.17) is 0 Å². The van der Waals surface area contributed by atoms with E-state index in [1.807, 2.05) is 0 Å². The van der Waals surface area contributed by atoms with Crippen molar-refractivity contribution in [3.63, 3.8) is 0 Å². The van der Waals surface area contributed by atoms with E-state index in [0.29, 0.717) is 0 Å². The molecule has 0 amide bonds. The van der Waals surface area contributed by atoms with Gasteiger partial charge in [0, 0.05) is 22.4 Å². The molecule has 11 rings (SSSR count). The second-order valence-electron chi connectivity index (χ2n) is 15.7. The van der Waals surface area contributed by atoms with Crippen molar-refractivity contribution in [1.29, 1.82) is 0 Å². The van der Waals surface area contributed by atoms with Crippen molar-refractivity contribution in [3.05, 3.63) is 235 Å². The van der Waals surface area contributed by atoms with Crippen LogP contribution < -0.4 is 0 Å². The van der Waals surface area contributed by atoms with E-state index in [1.54, 1.807) is 0 Å². The van der Waals surface area contributed by atoms with Gasteiger partial charge in [0.15, 0.2) is 0 Å². The molecular weight excluding hydrogens is 699 g/mol. The van der Waals surface area contributed by atoms with Crippen LogP contribution in [0.15, 0.2) is 218 Å². The molecule has 2 unspecified atom stereocenters. The molecule has 58 heavy (non-hydrogen) atoms. The standard InChI is InChI=1S/C57H41N/c1-38-49-31-27-43(44-28-32-56-54(37-44)51-22-13-14-24-55(51)58(56)48-29-25-42(26-30-48)39-15-5-2-6-16-39)36-53(49)50-21-11-12-23-52(50)57(38)47-34-45(40-17-7-3-8-18-40)33-46(35-47)41-19-9-4-10-20-41/h2-38,57H,1H3. The second kappa shape index (κ2) is 14.1. The molecule has 2 atom stereocenters. The Morgan fingerprint density at radius 1 is 0.328 bits per heavy atom. The normalized spacial score (nSPS) is 14.6. The fourth-order valence-corrected chi connectivity index (χ4v) is 9.59. The van der Waals surface area contributed by atoms with Crippen LogP contribution in [0.4, 0.5) is 0 Å². The Labute approximate surface area is 340 Å². The monoisotopic (exact) mass is 739 g/mol. The minimum atomic E-state index is 0.213. The van der Waals surface area contributed by atoms with Crippen LogP contribution in [0.3, 0.4) is 0 Å². The number of fused-ring (bicyclic) bond motifs is 6. The average molecular weight is 740 g/mol. The molecule has 0 N–H and O–H groups in total. The zero-order valence-electron chi connectivity index (χ0n) is 32.4. The highest BCUT2D eigenvalue weighted by molar-refractivity contribution is 6.10. The van der Waals surface area contributed by atoms with E-state index in [2.05, 4.69) is 230 Å². The Balaban J connectivity index is 1.00. The van der Waals surface area contributed by atoms with Gasteiger partial charge in [-0.1, -0.05) is 183 Å². The summed E-state index contributed by atoms with van der Waals surface area (Å²) in [5.74, 6) is 0.493.